The van der Waals surface area contributed by atoms with Gasteiger partial charge in [-0.15, -0.1) is 23.1 Å². The first-order valence-electron chi connectivity index (χ1n) is 9.54. The van der Waals surface area contributed by atoms with E-state index in [1.807, 2.05) is 36.6 Å². The molecule has 1 N–H and O–H groups in total. The minimum Gasteiger partial charge on any atom is -0.341 e. The van der Waals surface area contributed by atoms with E-state index >= 15 is 0 Å². The molecule has 1 aromatic carbocycles. The van der Waals surface area contributed by atoms with E-state index in [2.05, 4.69) is 10.3 Å². The number of carbonyl (C=O) groups excluding carboxylic acids is 3. The van der Waals surface area contributed by atoms with E-state index in [1.165, 1.54) is 23.1 Å². The number of piperidine rings is 1. The van der Waals surface area contributed by atoms with Crippen molar-refractivity contribution in [3.8, 4) is 0 Å². The number of amides is 3. The van der Waals surface area contributed by atoms with Crippen LogP contribution in [0, 0.1) is 12.8 Å². The van der Waals surface area contributed by atoms with E-state index < -0.39 is 0 Å². The molecule has 1 aromatic heterocycles. The van der Waals surface area contributed by atoms with Crippen molar-refractivity contribution in [1.29, 1.82) is 0 Å². The van der Waals surface area contributed by atoms with Gasteiger partial charge in [-0.2, -0.15) is 0 Å². The van der Waals surface area contributed by atoms with Gasteiger partial charge in [0.2, 0.25) is 17.7 Å². The van der Waals surface area contributed by atoms with Crippen molar-refractivity contribution in [3.63, 3.8) is 0 Å². The van der Waals surface area contributed by atoms with Crippen molar-refractivity contribution < 1.29 is 14.4 Å². The highest BCUT2D eigenvalue weighted by Crippen LogP contribution is 2.35. The van der Waals surface area contributed by atoms with Crippen LogP contribution in [-0.4, -0.2) is 53.0 Å². The molecule has 152 valence electrons. The molecule has 0 atom stereocenters. The molecule has 0 unspecified atom stereocenters. The topological polar surface area (TPSA) is 82.6 Å². The highest BCUT2D eigenvalue weighted by Gasteiger charge is 2.31. The van der Waals surface area contributed by atoms with E-state index in [1.54, 1.807) is 9.80 Å². The van der Waals surface area contributed by atoms with Crippen LogP contribution in [0.1, 0.15) is 18.5 Å². The summed E-state index contributed by atoms with van der Waals surface area (Å²) in [5, 5.41) is 5.38. The molecule has 4 rings (SSSR count). The fourth-order valence-electron chi connectivity index (χ4n) is 3.57. The van der Waals surface area contributed by atoms with Gasteiger partial charge in [-0.05, 0) is 31.9 Å². The first-order valence-corrected chi connectivity index (χ1v) is 11.4. The maximum atomic E-state index is 12.8. The van der Waals surface area contributed by atoms with Crippen LogP contribution in [0.2, 0.25) is 0 Å². The summed E-state index contributed by atoms with van der Waals surface area (Å²) in [6.07, 6.45) is 1.23. The number of para-hydroxylation sites is 1. The molecule has 0 bridgehead atoms. The van der Waals surface area contributed by atoms with Gasteiger partial charge in [0, 0.05) is 29.3 Å². The number of aryl methyl sites for hydroxylation is 1. The van der Waals surface area contributed by atoms with E-state index in [9.17, 15) is 14.4 Å². The molecule has 29 heavy (non-hydrogen) atoms. The van der Waals surface area contributed by atoms with E-state index in [0.29, 0.717) is 36.8 Å². The lowest BCUT2D eigenvalue weighted by Crippen LogP contribution is -2.48. The highest BCUT2D eigenvalue weighted by atomic mass is 32.2. The molecule has 0 radical (unpaired) electrons. The minimum absolute atomic E-state index is 0.0383. The van der Waals surface area contributed by atoms with E-state index in [4.69, 9.17) is 0 Å². The van der Waals surface area contributed by atoms with E-state index in [-0.39, 0.29) is 30.2 Å². The van der Waals surface area contributed by atoms with Gasteiger partial charge in [0.1, 0.15) is 6.54 Å². The Kier molecular flexibility index (Phi) is 5.86. The Bertz CT molecular complexity index is 937. The summed E-state index contributed by atoms with van der Waals surface area (Å²) in [6, 6.07) is 7.66. The lowest BCUT2D eigenvalue weighted by atomic mass is 9.96. The molecular weight excluding hydrogens is 408 g/mol. The smallest absolute Gasteiger partial charge is 0.242 e. The fourth-order valence-corrected chi connectivity index (χ4v) is 5.20. The molecule has 0 aliphatic carbocycles. The zero-order chi connectivity index (χ0) is 20.4. The van der Waals surface area contributed by atoms with Gasteiger partial charge in [0.15, 0.2) is 5.13 Å². The number of benzene rings is 1. The molecule has 2 aromatic rings. The first kappa shape index (κ1) is 19.9. The number of carbonyl (C=O) groups is 3. The van der Waals surface area contributed by atoms with Crippen molar-refractivity contribution in [2.45, 2.75) is 24.7 Å². The number of fused-ring (bicyclic) bond motifs is 1. The normalized spacial score (nSPS) is 17.2. The molecule has 9 heteroatoms. The zero-order valence-electron chi connectivity index (χ0n) is 16.1. The van der Waals surface area contributed by atoms with Gasteiger partial charge in [-0.3, -0.25) is 14.4 Å². The van der Waals surface area contributed by atoms with Crippen LogP contribution in [0.25, 0.3) is 0 Å². The third kappa shape index (κ3) is 4.45. The number of nitrogens with zero attached hydrogens (tertiary/aromatic N) is 3. The van der Waals surface area contributed by atoms with Crippen molar-refractivity contribution in [1.82, 2.24) is 9.88 Å². The van der Waals surface area contributed by atoms with Crippen molar-refractivity contribution in [3.05, 3.63) is 35.3 Å². The molecule has 3 amide bonds. The number of nitrogens with one attached hydrogen (secondary N) is 1. The summed E-state index contributed by atoms with van der Waals surface area (Å²) >= 11 is 2.92. The predicted molar refractivity (Wildman–Crippen MR) is 114 cm³/mol. The van der Waals surface area contributed by atoms with Crippen LogP contribution in [0.3, 0.4) is 0 Å². The van der Waals surface area contributed by atoms with Crippen molar-refractivity contribution >= 4 is 51.6 Å². The van der Waals surface area contributed by atoms with E-state index in [0.717, 1.165) is 16.3 Å². The monoisotopic (exact) mass is 430 g/mol. The molecule has 0 spiro atoms. The lowest BCUT2D eigenvalue weighted by Gasteiger charge is -2.34. The van der Waals surface area contributed by atoms with Crippen molar-refractivity contribution in [2.75, 3.05) is 35.6 Å². The van der Waals surface area contributed by atoms with Gasteiger partial charge in [0.05, 0.1) is 17.1 Å². The summed E-state index contributed by atoms with van der Waals surface area (Å²) < 4.78 is 0. The summed E-state index contributed by atoms with van der Waals surface area (Å²) in [5.74, 6) is 0.0630. The van der Waals surface area contributed by atoms with Crippen LogP contribution in [0.5, 0.6) is 0 Å². The molecule has 2 aliphatic rings. The van der Waals surface area contributed by atoms with Gasteiger partial charge >= 0.3 is 0 Å². The number of thioether (sulfide) groups is 1. The lowest BCUT2D eigenvalue weighted by molar-refractivity contribution is -0.134. The van der Waals surface area contributed by atoms with Gasteiger partial charge in [-0.1, -0.05) is 12.1 Å². The molecule has 0 saturated carbocycles. The average molecular weight is 431 g/mol. The second-order valence-corrected chi connectivity index (χ2v) is 9.05. The molecule has 3 heterocycles. The summed E-state index contributed by atoms with van der Waals surface area (Å²) in [4.78, 5) is 46.2. The Balaban J connectivity index is 1.32. The Morgan fingerprint density at radius 3 is 2.72 bits per heavy atom. The Hall–Kier alpha value is -2.39. The highest BCUT2D eigenvalue weighted by molar-refractivity contribution is 8.00. The number of hydrogen-bond acceptors (Lipinski definition) is 6. The molecule has 1 saturated heterocycles. The molecule has 2 aliphatic heterocycles. The molecule has 7 nitrogen and oxygen atoms in total. The quantitative estimate of drug-likeness (QED) is 0.807. The maximum Gasteiger partial charge on any atom is 0.242 e. The first-order chi connectivity index (χ1) is 14.0. The number of anilines is 2. The third-order valence-corrected chi connectivity index (χ3v) is 7.09. The summed E-state index contributed by atoms with van der Waals surface area (Å²) in [7, 11) is 0. The fraction of sp³-hybridized carbons (Fsp3) is 0.400. The van der Waals surface area contributed by atoms with Crippen LogP contribution >= 0.6 is 23.1 Å². The maximum absolute atomic E-state index is 12.8. The van der Waals surface area contributed by atoms with Gasteiger partial charge in [0.25, 0.3) is 0 Å². The van der Waals surface area contributed by atoms with Crippen molar-refractivity contribution in [2.24, 2.45) is 5.92 Å². The predicted octanol–water partition coefficient (Wildman–Crippen LogP) is 2.77. The zero-order valence-corrected chi connectivity index (χ0v) is 17.7. The molecule has 1 fully saturated rings. The standard InChI is InChI=1S/C20H22N4O3S2/c1-13-11-29-20(21-13)22-19(27)14-6-8-23(9-7-14)17(25)10-24-15-4-2-3-5-16(15)28-12-18(24)26/h2-5,11,14H,6-10,12H2,1H3,(H,21,22,27). The Morgan fingerprint density at radius 1 is 1.24 bits per heavy atom. The van der Waals surface area contributed by atoms with Crippen LogP contribution < -0.4 is 10.2 Å². The number of likely N-dealkylation sites (tertiary alicyclic amines) is 1. The SMILES string of the molecule is Cc1csc(NC(=O)C2CCN(C(=O)CN3C(=O)CSc4ccccc43)CC2)n1. The minimum atomic E-state index is -0.128. The summed E-state index contributed by atoms with van der Waals surface area (Å²) in [6.45, 7) is 2.98. The largest absolute Gasteiger partial charge is 0.341 e. The number of aromatic nitrogens is 1. The Morgan fingerprint density at radius 2 is 2.00 bits per heavy atom. The van der Waals surface area contributed by atoms with Crippen LogP contribution in [0.4, 0.5) is 10.8 Å². The van der Waals surface area contributed by atoms with Crippen LogP contribution in [0.15, 0.2) is 34.5 Å². The summed E-state index contributed by atoms with van der Waals surface area (Å²) in [5.41, 5.74) is 1.69. The third-order valence-electron chi connectivity index (χ3n) is 5.17. The van der Waals surface area contributed by atoms with Gasteiger partial charge in [-0.25, -0.2) is 4.98 Å². The average Bonchev–Trinajstić information content (AvgIpc) is 3.14. The number of hydrogen-bond donors (Lipinski definition) is 1. The number of thiazole rings is 1. The second kappa shape index (κ2) is 8.54. The number of rotatable bonds is 4. The Labute approximate surface area is 177 Å². The molecular formula is C20H22N4O3S2. The second-order valence-electron chi connectivity index (χ2n) is 7.17. The van der Waals surface area contributed by atoms with Gasteiger partial charge < -0.3 is 15.1 Å². The van der Waals surface area contributed by atoms with Crippen LogP contribution in [-0.2, 0) is 14.4 Å².